The highest BCUT2D eigenvalue weighted by molar-refractivity contribution is 5.84. The molecule has 1 amide bonds. The molecule has 96 valence electrons. The molecule has 1 saturated carbocycles. The second-order valence-corrected chi connectivity index (χ2v) is 4.44. The number of carbonyl (C=O) groups excluding carboxylic acids is 2. The van der Waals surface area contributed by atoms with E-state index in [0.717, 1.165) is 12.8 Å². The average Bonchev–Trinajstić information content (AvgIpc) is 3.10. The van der Waals surface area contributed by atoms with E-state index in [1.54, 1.807) is 13.0 Å². The molecule has 1 atom stereocenters. The van der Waals surface area contributed by atoms with Crippen molar-refractivity contribution in [2.75, 3.05) is 19.7 Å². The van der Waals surface area contributed by atoms with E-state index in [1.165, 1.54) is 4.90 Å². The second-order valence-electron chi connectivity index (χ2n) is 4.44. The maximum absolute atomic E-state index is 12.1. The van der Waals surface area contributed by atoms with Gasteiger partial charge in [0.15, 0.2) is 0 Å². The van der Waals surface area contributed by atoms with Gasteiger partial charge in [0.1, 0.15) is 6.54 Å². The van der Waals surface area contributed by atoms with Crippen molar-refractivity contribution >= 4 is 11.9 Å². The summed E-state index contributed by atoms with van der Waals surface area (Å²) in [4.78, 5) is 25.0. The summed E-state index contributed by atoms with van der Waals surface area (Å²) in [6.45, 7) is 8.06. The molecule has 1 aliphatic rings. The minimum absolute atomic E-state index is 0.00405. The van der Waals surface area contributed by atoms with Crippen LogP contribution in [-0.4, -0.2) is 36.5 Å². The molecule has 0 spiro atoms. The zero-order chi connectivity index (χ0) is 12.8. The predicted molar refractivity (Wildman–Crippen MR) is 65.3 cm³/mol. The molecule has 1 fully saturated rings. The zero-order valence-electron chi connectivity index (χ0n) is 10.6. The smallest absolute Gasteiger partial charge is 0.325 e. The third-order valence-electron chi connectivity index (χ3n) is 3.01. The van der Waals surface area contributed by atoms with Crippen molar-refractivity contribution in [2.24, 2.45) is 11.8 Å². The van der Waals surface area contributed by atoms with E-state index in [1.807, 2.05) is 6.92 Å². The Bertz CT molecular complexity index is 297. The number of nitrogens with zero attached hydrogens (tertiary/aromatic N) is 1. The molecule has 0 N–H and O–H groups in total. The van der Waals surface area contributed by atoms with Crippen LogP contribution in [0.5, 0.6) is 0 Å². The lowest BCUT2D eigenvalue weighted by Gasteiger charge is -2.23. The molecule has 4 nitrogen and oxygen atoms in total. The Labute approximate surface area is 103 Å². The Kier molecular flexibility index (Phi) is 5.19. The summed E-state index contributed by atoms with van der Waals surface area (Å²) in [7, 11) is 0. The summed E-state index contributed by atoms with van der Waals surface area (Å²) in [5.74, 6) is 0.174. The molecule has 0 aromatic rings. The van der Waals surface area contributed by atoms with Gasteiger partial charge in [0, 0.05) is 12.5 Å². The van der Waals surface area contributed by atoms with Crippen LogP contribution >= 0.6 is 0 Å². The van der Waals surface area contributed by atoms with Gasteiger partial charge in [0.2, 0.25) is 5.91 Å². The summed E-state index contributed by atoms with van der Waals surface area (Å²) in [5.41, 5.74) is 0. The Morgan fingerprint density at radius 1 is 1.53 bits per heavy atom. The molecule has 1 rings (SSSR count). The fourth-order valence-corrected chi connectivity index (χ4v) is 1.84. The Balaban J connectivity index is 2.53. The van der Waals surface area contributed by atoms with Crippen LogP contribution < -0.4 is 0 Å². The molecule has 0 bridgehead atoms. The van der Waals surface area contributed by atoms with E-state index in [0.29, 0.717) is 19.1 Å². The molecule has 0 aliphatic heterocycles. The second kappa shape index (κ2) is 6.42. The van der Waals surface area contributed by atoms with Crippen molar-refractivity contribution in [2.45, 2.75) is 26.7 Å². The molecule has 0 radical (unpaired) electrons. The molecule has 1 aliphatic carbocycles. The van der Waals surface area contributed by atoms with Crippen molar-refractivity contribution in [1.82, 2.24) is 4.90 Å². The van der Waals surface area contributed by atoms with Crippen LogP contribution in [0, 0.1) is 11.8 Å². The van der Waals surface area contributed by atoms with Gasteiger partial charge in [-0.2, -0.15) is 0 Å². The maximum Gasteiger partial charge on any atom is 0.325 e. The standard InChI is InChI=1S/C13H21NO3/c1-4-8-14(9-12(15)17-5-2)13(16)10(3)11-6-7-11/h4,10-11H,1,5-9H2,2-3H3. The summed E-state index contributed by atoms with van der Waals surface area (Å²) >= 11 is 0. The van der Waals surface area contributed by atoms with Crippen LogP contribution in [0.2, 0.25) is 0 Å². The lowest BCUT2D eigenvalue weighted by atomic mass is 10.0. The van der Waals surface area contributed by atoms with Crippen molar-refractivity contribution in [3.63, 3.8) is 0 Å². The molecular weight excluding hydrogens is 218 g/mol. The van der Waals surface area contributed by atoms with Crippen molar-refractivity contribution in [3.05, 3.63) is 12.7 Å². The van der Waals surface area contributed by atoms with Gasteiger partial charge in [-0.25, -0.2) is 0 Å². The third kappa shape index (κ3) is 4.21. The molecule has 0 aromatic heterocycles. The largest absolute Gasteiger partial charge is 0.465 e. The highest BCUT2D eigenvalue weighted by Gasteiger charge is 2.35. The normalized spacial score (nSPS) is 16.1. The zero-order valence-corrected chi connectivity index (χ0v) is 10.6. The topological polar surface area (TPSA) is 46.6 Å². The number of carbonyl (C=O) groups is 2. The predicted octanol–water partition coefficient (Wildman–Crippen LogP) is 1.61. The van der Waals surface area contributed by atoms with Crippen LogP contribution in [0.15, 0.2) is 12.7 Å². The molecule has 0 heterocycles. The average molecular weight is 239 g/mol. The van der Waals surface area contributed by atoms with E-state index in [2.05, 4.69) is 6.58 Å². The van der Waals surface area contributed by atoms with Gasteiger partial charge in [0.25, 0.3) is 0 Å². The van der Waals surface area contributed by atoms with Gasteiger partial charge >= 0.3 is 5.97 Å². The maximum atomic E-state index is 12.1. The van der Waals surface area contributed by atoms with Crippen LogP contribution in [0.3, 0.4) is 0 Å². The fraction of sp³-hybridized carbons (Fsp3) is 0.692. The molecule has 0 saturated heterocycles. The Morgan fingerprint density at radius 3 is 2.65 bits per heavy atom. The summed E-state index contributed by atoms with van der Waals surface area (Å²) in [5, 5.41) is 0. The van der Waals surface area contributed by atoms with E-state index >= 15 is 0 Å². The Morgan fingerprint density at radius 2 is 2.18 bits per heavy atom. The van der Waals surface area contributed by atoms with Crippen LogP contribution in [0.25, 0.3) is 0 Å². The number of rotatable bonds is 7. The van der Waals surface area contributed by atoms with Gasteiger partial charge in [-0.15, -0.1) is 6.58 Å². The molecular formula is C13H21NO3. The summed E-state index contributed by atoms with van der Waals surface area (Å²) in [6, 6.07) is 0. The first-order valence-corrected chi connectivity index (χ1v) is 6.15. The fourth-order valence-electron chi connectivity index (χ4n) is 1.84. The first-order chi connectivity index (χ1) is 8.10. The number of amides is 1. The quantitative estimate of drug-likeness (QED) is 0.501. The monoisotopic (exact) mass is 239 g/mol. The van der Waals surface area contributed by atoms with Gasteiger partial charge in [-0.1, -0.05) is 13.0 Å². The SMILES string of the molecule is C=CCN(CC(=O)OCC)C(=O)C(C)C1CC1. The summed E-state index contributed by atoms with van der Waals surface area (Å²) < 4.78 is 4.86. The first-order valence-electron chi connectivity index (χ1n) is 6.15. The third-order valence-corrected chi connectivity index (χ3v) is 3.01. The minimum Gasteiger partial charge on any atom is -0.465 e. The molecule has 1 unspecified atom stereocenters. The molecule has 4 heteroatoms. The van der Waals surface area contributed by atoms with Crippen LogP contribution in [-0.2, 0) is 14.3 Å². The van der Waals surface area contributed by atoms with Crippen LogP contribution in [0.1, 0.15) is 26.7 Å². The number of hydrogen-bond acceptors (Lipinski definition) is 3. The van der Waals surface area contributed by atoms with E-state index < -0.39 is 0 Å². The van der Waals surface area contributed by atoms with E-state index in [4.69, 9.17) is 4.74 Å². The first kappa shape index (κ1) is 13.7. The number of esters is 1. The molecule has 0 aromatic carbocycles. The van der Waals surface area contributed by atoms with Gasteiger partial charge in [-0.05, 0) is 25.7 Å². The number of hydrogen-bond donors (Lipinski definition) is 0. The lowest BCUT2D eigenvalue weighted by Crippen LogP contribution is -2.40. The van der Waals surface area contributed by atoms with Crippen LogP contribution in [0.4, 0.5) is 0 Å². The van der Waals surface area contributed by atoms with Crippen molar-refractivity contribution in [1.29, 1.82) is 0 Å². The van der Waals surface area contributed by atoms with Gasteiger partial charge < -0.3 is 9.64 Å². The van der Waals surface area contributed by atoms with Gasteiger partial charge in [-0.3, -0.25) is 9.59 Å². The van der Waals surface area contributed by atoms with E-state index in [-0.39, 0.29) is 24.3 Å². The number of ether oxygens (including phenoxy) is 1. The highest BCUT2D eigenvalue weighted by atomic mass is 16.5. The lowest BCUT2D eigenvalue weighted by molar-refractivity contribution is -0.149. The highest BCUT2D eigenvalue weighted by Crippen LogP contribution is 2.37. The van der Waals surface area contributed by atoms with Crippen molar-refractivity contribution < 1.29 is 14.3 Å². The minimum atomic E-state index is -0.356. The van der Waals surface area contributed by atoms with Crippen molar-refractivity contribution in [3.8, 4) is 0 Å². The van der Waals surface area contributed by atoms with E-state index in [9.17, 15) is 9.59 Å². The Hall–Kier alpha value is -1.32. The van der Waals surface area contributed by atoms with Gasteiger partial charge in [0.05, 0.1) is 6.61 Å². The molecule has 17 heavy (non-hydrogen) atoms. The summed E-state index contributed by atoms with van der Waals surface area (Å²) in [6.07, 6.45) is 3.87.